The summed E-state index contributed by atoms with van der Waals surface area (Å²) >= 11 is 3.63. The third-order valence-electron chi connectivity index (χ3n) is 5.27. The Morgan fingerprint density at radius 2 is 2.17 bits per heavy atom. The molecule has 0 radical (unpaired) electrons. The zero-order valence-corrected chi connectivity index (χ0v) is 14.3. The highest BCUT2D eigenvalue weighted by molar-refractivity contribution is 9.09. The van der Waals surface area contributed by atoms with Gasteiger partial charge in [-0.3, -0.25) is 9.59 Å². The first kappa shape index (κ1) is 15.0. The molecule has 6 heteroatoms. The third-order valence-corrected chi connectivity index (χ3v) is 6.47. The quantitative estimate of drug-likeness (QED) is 0.644. The monoisotopic (exact) mass is 379 g/mol. The van der Waals surface area contributed by atoms with E-state index in [1.165, 1.54) is 0 Å². The Balaban J connectivity index is 1.58. The van der Waals surface area contributed by atoms with Gasteiger partial charge in [-0.15, -0.1) is 0 Å². The molecule has 0 spiro atoms. The van der Waals surface area contributed by atoms with E-state index in [1.54, 1.807) is 0 Å². The number of esters is 1. The van der Waals surface area contributed by atoms with Gasteiger partial charge in [0, 0.05) is 5.92 Å². The van der Waals surface area contributed by atoms with Crippen molar-refractivity contribution < 1.29 is 19.1 Å². The minimum Gasteiger partial charge on any atom is -0.492 e. The van der Waals surface area contributed by atoms with Gasteiger partial charge in [-0.1, -0.05) is 28.1 Å². The number of carbonyl (C=O) groups is 2. The smallest absolute Gasteiger partial charge is 0.310 e. The summed E-state index contributed by atoms with van der Waals surface area (Å²) < 4.78 is 11.0. The maximum Gasteiger partial charge on any atom is 0.310 e. The standard InChI is InChI=1S/C17H18BrNO4/c1-2-22-11-6-4-3-5-10(11)19-16(20)12-8-7-9-13(12)17(21)23-15(9)14(8)18/h3-6,8-9,12-15H,2,7H2,1H3,(H,19,20)/t8-,9-,12-,13+,14+,15+/m1/s1. The first-order valence-electron chi connectivity index (χ1n) is 7.99. The first-order chi connectivity index (χ1) is 11.1. The molecule has 6 atom stereocenters. The highest BCUT2D eigenvalue weighted by atomic mass is 79.9. The Bertz CT molecular complexity index is 664. The number of fused-ring (bicyclic) bond motifs is 1. The van der Waals surface area contributed by atoms with Crippen molar-refractivity contribution in [1.29, 1.82) is 0 Å². The highest BCUT2D eigenvalue weighted by Gasteiger charge is 2.67. The van der Waals surface area contributed by atoms with Crippen LogP contribution in [0.15, 0.2) is 24.3 Å². The second-order valence-corrected chi connectivity index (χ2v) is 7.44. The van der Waals surface area contributed by atoms with Crippen LogP contribution in [0.3, 0.4) is 0 Å². The molecule has 23 heavy (non-hydrogen) atoms. The molecule has 1 heterocycles. The molecule has 122 valence electrons. The number of halogens is 1. The van der Waals surface area contributed by atoms with Crippen LogP contribution in [-0.4, -0.2) is 29.4 Å². The molecule has 4 rings (SSSR count). The molecule has 2 aliphatic carbocycles. The zero-order chi connectivity index (χ0) is 16.1. The van der Waals surface area contributed by atoms with E-state index in [4.69, 9.17) is 9.47 Å². The largest absolute Gasteiger partial charge is 0.492 e. The zero-order valence-electron chi connectivity index (χ0n) is 12.7. The topological polar surface area (TPSA) is 64.6 Å². The molecule has 1 aromatic carbocycles. The number of rotatable bonds is 4. The Morgan fingerprint density at radius 3 is 2.96 bits per heavy atom. The maximum atomic E-state index is 12.8. The van der Waals surface area contributed by atoms with Crippen molar-refractivity contribution in [1.82, 2.24) is 0 Å². The van der Waals surface area contributed by atoms with Crippen LogP contribution in [0.2, 0.25) is 0 Å². The van der Waals surface area contributed by atoms with Crippen LogP contribution in [0.4, 0.5) is 5.69 Å². The van der Waals surface area contributed by atoms with Gasteiger partial charge in [0.25, 0.3) is 0 Å². The van der Waals surface area contributed by atoms with Gasteiger partial charge in [0.15, 0.2) is 0 Å². The van der Waals surface area contributed by atoms with Gasteiger partial charge in [-0.05, 0) is 31.4 Å². The van der Waals surface area contributed by atoms with Crippen molar-refractivity contribution in [3.8, 4) is 5.75 Å². The number of hydrogen-bond donors (Lipinski definition) is 1. The predicted octanol–water partition coefficient (Wildman–Crippen LogP) is 2.59. The number of nitrogens with one attached hydrogen (secondary N) is 1. The molecule has 3 fully saturated rings. The minimum absolute atomic E-state index is 0.0581. The van der Waals surface area contributed by atoms with Gasteiger partial charge in [0.2, 0.25) is 5.91 Å². The van der Waals surface area contributed by atoms with E-state index in [-0.39, 0.29) is 46.5 Å². The van der Waals surface area contributed by atoms with Crippen LogP contribution in [0.5, 0.6) is 5.75 Å². The number of alkyl halides is 1. The van der Waals surface area contributed by atoms with Gasteiger partial charge in [-0.2, -0.15) is 0 Å². The normalized spacial score (nSPS) is 36.9. The lowest BCUT2D eigenvalue weighted by molar-refractivity contribution is -0.145. The van der Waals surface area contributed by atoms with E-state index in [0.717, 1.165) is 6.42 Å². The lowest BCUT2D eigenvalue weighted by Gasteiger charge is -2.27. The fourth-order valence-electron chi connectivity index (χ4n) is 4.40. The Morgan fingerprint density at radius 1 is 1.39 bits per heavy atom. The van der Waals surface area contributed by atoms with Crippen LogP contribution in [0.1, 0.15) is 13.3 Å². The first-order valence-corrected chi connectivity index (χ1v) is 8.90. The average Bonchev–Trinajstić information content (AvgIpc) is 3.13. The van der Waals surface area contributed by atoms with Gasteiger partial charge < -0.3 is 14.8 Å². The van der Waals surface area contributed by atoms with Gasteiger partial charge >= 0.3 is 5.97 Å². The van der Waals surface area contributed by atoms with Crippen LogP contribution in [0.25, 0.3) is 0 Å². The summed E-state index contributed by atoms with van der Waals surface area (Å²) in [5.41, 5.74) is 0.649. The summed E-state index contributed by atoms with van der Waals surface area (Å²) in [6.45, 7) is 2.43. The molecule has 0 unspecified atom stereocenters. The van der Waals surface area contributed by atoms with Crippen molar-refractivity contribution in [2.45, 2.75) is 24.3 Å². The van der Waals surface area contributed by atoms with E-state index < -0.39 is 0 Å². The van der Waals surface area contributed by atoms with E-state index >= 15 is 0 Å². The molecule has 1 aliphatic heterocycles. The van der Waals surface area contributed by atoms with Crippen LogP contribution in [0, 0.1) is 23.7 Å². The third kappa shape index (κ3) is 2.18. The van der Waals surface area contributed by atoms with Crippen LogP contribution >= 0.6 is 15.9 Å². The van der Waals surface area contributed by atoms with Crippen LogP contribution < -0.4 is 10.1 Å². The fraction of sp³-hybridized carbons (Fsp3) is 0.529. The summed E-state index contributed by atoms with van der Waals surface area (Å²) in [7, 11) is 0. The predicted molar refractivity (Wildman–Crippen MR) is 87.4 cm³/mol. The lowest BCUT2D eigenvalue weighted by atomic mass is 9.79. The van der Waals surface area contributed by atoms with E-state index in [0.29, 0.717) is 18.0 Å². The fourth-order valence-corrected chi connectivity index (χ4v) is 5.44. The number of amides is 1. The number of para-hydroxylation sites is 2. The molecular weight excluding hydrogens is 362 g/mol. The molecular formula is C17H18BrNO4. The Kier molecular flexibility index (Phi) is 3.59. The number of anilines is 1. The number of carbonyl (C=O) groups excluding carboxylic acids is 2. The highest BCUT2D eigenvalue weighted by Crippen LogP contribution is 2.60. The number of ether oxygens (including phenoxy) is 2. The molecule has 1 N–H and O–H groups in total. The Labute approximate surface area is 142 Å². The summed E-state index contributed by atoms with van der Waals surface area (Å²) in [5.74, 6) is 0.0201. The van der Waals surface area contributed by atoms with Gasteiger partial charge in [0.1, 0.15) is 11.9 Å². The van der Waals surface area contributed by atoms with Crippen molar-refractivity contribution in [3.05, 3.63) is 24.3 Å². The molecule has 1 aromatic rings. The minimum atomic E-state index is -0.328. The van der Waals surface area contributed by atoms with Crippen molar-refractivity contribution >= 4 is 33.5 Å². The van der Waals surface area contributed by atoms with E-state index in [1.807, 2.05) is 31.2 Å². The molecule has 3 aliphatic rings. The summed E-state index contributed by atoms with van der Waals surface area (Å²) in [6.07, 6.45) is 0.819. The maximum absolute atomic E-state index is 12.8. The van der Waals surface area contributed by atoms with Gasteiger partial charge in [0.05, 0.1) is 29.0 Å². The number of benzene rings is 1. The van der Waals surface area contributed by atoms with Gasteiger partial charge in [-0.25, -0.2) is 0 Å². The van der Waals surface area contributed by atoms with E-state index in [2.05, 4.69) is 21.2 Å². The second kappa shape index (κ2) is 5.51. The number of hydrogen-bond acceptors (Lipinski definition) is 4. The average molecular weight is 380 g/mol. The molecule has 1 amide bonds. The van der Waals surface area contributed by atoms with Crippen molar-refractivity contribution in [3.63, 3.8) is 0 Å². The summed E-state index contributed by atoms with van der Waals surface area (Å²) in [4.78, 5) is 25.0. The Hall–Kier alpha value is -1.56. The molecule has 1 saturated heterocycles. The molecule has 2 bridgehead atoms. The van der Waals surface area contributed by atoms with Crippen LogP contribution in [-0.2, 0) is 14.3 Å². The second-order valence-electron chi connectivity index (χ2n) is 6.38. The summed E-state index contributed by atoms with van der Waals surface area (Å²) in [5, 5.41) is 2.95. The SMILES string of the molecule is CCOc1ccccc1NC(=O)[C@@H]1[C@H]2C[C@H]3[C@H](OC(=O)[C@@H]31)[C@H]2Br. The molecule has 5 nitrogen and oxygen atoms in total. The van der Waals surface area contributed by atoms with E-state index in [9.17, 15) is 9.59 Å². The summed E-state index contributed by atoms with van der Waals surface area (Å²) in [6, 6.07) is 7.36. The molecule has 0 aromatic heterocycles. The van der Waals surface area contributed by atoms with Crippen molar-refractivity contribution in [2.75, 3.05) is 11.9 Å². The lowest BCUT2D eigenvalue weighted by Crippen LogP contribution is -2.40. The molecule has 2 saturated carbocycles. The van der Waals surface area contributed by atoms with Crippen molar-refractivity contribution in [2.24, 2.45) is 23.7 Å².